The fourth-order valence-electron chi connectivity index (χ4n) is 3.77. The highest BCUT2D eigenvalue weighted by molar-refractivity contribution is 6.07. The first-order valence-electron chi connectivity index (χ1n) is 11.3. The van der Waals surface area contributed by atoms with Gasteiger partial charge in [-0.3, -0.25) is 0 Å². The number of pyridine rings is 1. The molecule has 0 aliphatic rings. The lowest BCUT2D eigenvalue weighted by molar-refractivity contribution is 0.262. The number of fused-ring (bicyclic) bond motifs is 1. The van der Waals surface area contributed by atoms with E-state index in [2.05, 4.69) is 25.6 Å². The minimum Gasteiger partial charge on any atom is -0.438 e. The molecule has 0 atom stereocenters. The molecule has 7 nitrogen and oxygen atoms in total. The molecule has 2 N–H and O–H groups in total. The van der Waals surface area contributed by atoms with Crippen LogP contribution in [-0.4, -0.2) is 21.0 Å². The quantitative estimate of drug-likeness (QED) is 0.294. The number of carbonyl (C=O) groups excluding carboxylic acids is 1. The monoisotopic (exact) mass is 461 g/mol. The molecular formula is C28H23N5O2. The summed E-state index contributed by atoms with van der Waals surface area (Å²) in [7, 11) is 0. The molecule has 0 aliphatic carbocycles. The molecule has 0 aliphatic heterocycles. The molecule has 0 radical (unpaired) electrons. The normalized spacial score (nSPS) is 10.7. The molecule has 0 bridgehead atoms. The second-order valence-electron chi connectivity index (χ2n) is 7.77. The summed E-state index contributed by atoms with van der Waals surface area (Å²) in [6.45, 7) is 2.02. The number of anilines is 2. The lowest BCUT2D eigenvalue weighted by atomic mass is 10.1. The van der Waals surface area contributed by atoms with Gasteiger partial charge in [0.25, 0.3) is 0 Å². The molecule has 35 heavy (non-hydrogen) atoms. The van der Waals surface area contributed by atoms with E-state index in [1.807, 2.05) is 91.9 Å². The Balaban J connectivity index is 1.46. The zero-order valence-electron chi connectivity index (χ0n) is 19.1. The predicted molar refractivity (Wildman–Crippen MR) is 138 cm³/mol. The van der Waals surface area contributed by atoms with Crippen LogP contribution in [0.25, 0.3) is 22.0 Å². The van der Waals surface area contributed by atoms with Crippen LogP contribution in [0.5, 0.6) is 11.6 Å². The number of rotatable bonds is 6. The third kappa shape index (κ3) is 4.94. The van der Waals surface area contributed by atoms with Crippen molar-refractivity contribution in [1.82, 2.24) is 15.0 Å². The molecule has 0 spiro atoms. The number of benzene rings is 3. The molecule has 0 saturated carbocycles. The Morgan fingerprint density at radius 2 is 1.60 bits per heavy atom. The van der Waals surface area contributed by atoms with Gasteiger partial charge in [-0.2, -0.15) is 0 Å². The number of amides is 2. The maximum absolute atomic E-state index is 12.6. The van der Waals surface area contributed by atoms with Crippen LogP contribution in [0.15, 0.2) is 97.3 Å². The molecule has 2 heterocycles. The summed E-state index contributed by atoms with van der Waals surface area (Å²) in [6.07, 6.45) is 4.17. The Morgan fingerprint density at radius 3 is 2.43 bits per heavy atom. The standard InChI is InChI=1S/C28H23N5O2/c1-2-26-29-18-16-24(32-26)22-13-8-17-30-27(22)35-25-15-14-23(20-11-6-7-12-21(20)25)33-28(34)31-19-9-4-3-5-10-19/h3-18H,2H2,1H3,(H2,31,33,34). The van der Waals surface area contributed by atoms with Gasteiger partial charge in [-0.25, -0.2) is 19.7 Å². The molecule has 0 fully saturated rings. The van der Waals surface area contributed by atoms with E-state index in [0.29, 0.717) is 23.0 Å². The fraction of sp³-hybridized carbons (Fsp3) is 0.0714. The average molecular weight is 462 g/mol. The van der Waals surface area contributed by atoms with E-state index in [4.69, 9.17) is 4.74 Å². The Kier molecular flexibility index (Phi) is 6.30. The molecule has 172 valence electrons. The van der Waals surface area contributed by atoms with E-state index in [1.54, 1.807) is 12.4 Å². The van der Waals surface area contributed by atoms with Crippen molar-refractivity contribution in [3.8, 4) is 22.9 Å². The van der Waals surface area contributed by atoms with Gasteiger partial charge in [0.2, 0.25) is 5.88 Å². The number of urea groups is 1. The number of aryl methyl sites for hydroxylation is 1. The number of hydrogen-bond donors (Lipinski definition) is 2. The zero-order chi connectivity index (χ0) is 24.0. The summed E-state index contributed by atoms with van der Waals surface area (Å²) in [6, 6.07) is 26.0. The molecule has 0 saturated heterocycles. The van der Waals surface area contributed by atoms with E-state index in [-0.39, 0.29) is 6.03 Å². The van der Waals surface area contributed by atoms with Crippen molar-refractivity contribution in [1.29, 1.82) is 0 Å². The van der Waals surface area contributed by atoms with Crippen molar-refractivity contribution in [3.63, 3.8) is 0 Å². The number of hydrogen-bond acceptors (Lipinski definition) is 5. The van der Waals surface area contributed by atoms with Crippen molar-refractivity contribution < 1.29 is 9.53 Å². The summed E-state index contributed by atoms with van der Waals surface area (Å²) in [5, 5.41) is 7.47. The fourth-order valence-corrected chi connectivity index (χ4v) is 3.77. The molecule has 7 heteroatoms. The first-order chi connectivity index (χ1) is 17.2. The number of nitrogens with zero attached hydrogens (tertiary/aromatic N) is 3. The summed E-state index contributed by atoms with van der Waals surface area (Å²) in [5.41, 5.74) is 2.91. The second kappa shape index (κ2) is 10.0. The van der Waals surface area contributed by atoms with Gasteiger partial charge in [0.05, 0.1) is 16.9 Å². The van der Waals surface area contributed by atoms with Crippen LogP contribution in [0.1, 0.15) is 12.7 Å². The molecule has 3 aromatic carbocycles. The van der Waals surface area contributed by atoms with Gasteiger partial charge in [0.1, 0.15) is 11.6 Å². The Morgan fingerprint density at radius 1 is 0.800 bits per heavy atom. The minimum absolute atomic E-state index is 0.322. The van der Waals surface area contributed by atoms with Gasteiger partial charge in [-0.1, -0.05) is 49.4 Å². The number of ether oxygens (including phenoxy) is 1. The minimum atomic E-state index is -0.322. The topological polar surface area (TPSA) is 89.0 Å². The van der Waals surface area contributed by atoms with Crippen LogP contribution in [0.2, 0.25) is 0 Å². The van der Waals surface area contributed by atoms with Gasteiger partial charge >= 0.3 is 6.03 Å². The summed E-state index contributed by atoms with van der Waals surface area (Å²) >= 11 is 0. The van der Waals surface area contributed by atoms with Gasteiger partial charge in [-0.05, 0) is 42.5 Å². The van der Waals surface area contributed by atoms with E-state index in [1.165, 1.54) is 0 Å². The number of nitrogens with one attached hydrogen (secondary N) is 2. The lowest BCUT2D eigenvalue weighted by Crippen LogP contribution is -2.19. The Hall–Kier alpha value is -4.78. The molecule has 2 amide bonds. The first kappa shape index (κ1) is 22.0. The van der Waals surface area contributed by atoms with Crippen LogP contribution < -0.4 is 15.4 Å². The molecule has 5 aromatic rings. The predicted octanol–water partition coefficient (Wildman–Crippen LogP) is 6.69. The summed E-state index contributed by atoms with van der Waals surface area (Å²) < 4.78 is 6.31. The highest BCUT2D eigenvalue weighted by Crippen LogP contribution is 2.36. The molecule has 0 unspecified atom stereocenters. The van der Waals surface area contributed by atoms with Crippen molar-refractivity contribution >= 4 is 28.2 Å². The smallest absolute Gasteiger partial charge is 0.323 e. The maximum atomic E-state index is 12.6. The van der Waals surface area contributed by atoms with Crippen LogP contribution in [0, 0.1) is 0 Å². The number of aromatic nitrogens is 3. The van der Waals surface area contributed by atoms with Gasteiger partial charge in [-0.15, -0.1) is 0 Å². The van der Waals surface area contributed by atoms with E-state index in [9.17, 15) is 4.79 Å². The third-order valence-corrected chi connectivity index (χ3v) is 5.44. The van der Waals surface area contributed by atoms with E-state index in [0.717, 1.165) is 34.3 Å². The molecular weight excluding hydrogens is 438 g/mol. The highest BCUT2D eigenvalue weighted by Gasteiger charge is 2.14. The molecule has 5 rings (SSSR count). The van der Waals surface area contributed by atoms with Crippen molar-refractivity contribution in [2.45, 2.75) is 13.3 Å². The van der Waals surface area contributed by atoms with Crippen LogP contribution in [-0.2, 0) is 6.42 Å². The molecule has 2 aromatic heterocycles. The van der Waals surface area contributed by atoms with E-state index >= 15 is 0 Å². The lowest BCUT2D eigenvalue weighted by Gasteiger charge is -2.15. The second-order valence-corrected chi connectivity index (χ2v) is 7.77. The first-order valence-corrected chi connectivity index (χ1v) is 11.3. The average Bonchev–Trinajstić information content (AvgIpc) is 2.91. The summed E-state index contributed by atoms with van der Waals surface area (Å²) in [5.74, 6) is 1.83. The van der Waals surface area contributed by atoms with Gasteiger partial charge < -0.3 is 15.4 Å². The van der Waals surface area contributed by atoms with E-state index < -0.39 is 0 Å². The SMILES string of the molecule is CCc1nccc(-c2cccnc2Oc2ccc(NC(=O)Nc3ccccc3)c3ccccc23)n1. The Bertz CT molecular complexity index is 1490. The van der Waals surface area contributed by atoms with Crippen molar-refractivity contribution in [2.75, 3.05) is 10.6 Å². The van der Waals surface area contributed by atoms with Crippen LogP contribution >= 0.6 is 0 Å². The third-order valence-electron chi connectivity index (χ3n) is 5.44. The van der Waals surface area contributed by atoms with Crippen molar-refractivity contribution in [3.05, 3.63) is 103 Å². The van der Waals surface area contributed by atoms with Gasteiger partial charge in [0.15, 0.2) is 0 Å². The van der Waals surface area contributed by atoms with Crippen LogP contribution in [0.4, 0.5) is 16.2 Å². The van der Waals surface area contributed by atoms with Gasteiger partial charge in [0, 0.05) is 35.3 Å². The zero-order valence-corrected chi connectivity index (χ0v) is 19.1. The van der Waals surface area contributed by atoms with Crippen LogP contribution in [0.3, 0.4) is 0 Å². The number of para-hydroxylation sites is 1. The summed E-state index contributed by atoms with van der Waals surface area (Å²) in [4.78, 5) is 26.0. The largest absolute Gasteiger partial charge is 0.438 e. The maximum Gasteiger partial charge on any atom is 0.323 e. The van der Waals surface area contributed by atoms with Crippen molar-refractivity contribution in [2.24, 2.45) is 0 Å². The Labute approximate surface area is 202 Å². The number of carbonyl (C=O) groups is 1. The highest BCUT2D eigenvalue weighted by atomic mass is 16.5.